The summed E-state index contributed by atoms with van der Waals surface area (Å²) in [5.41, 5.74) is 0.0910. The molecule has 0 aliphatic heterocycles. The van der Waals surface area contributed by atoms with Crippen LogP contribution in [0, 0.1) is 12.7 Å². The molecule has 0 aliphatic rings. The molecule has 0 amide bonds. The Kier molecular flexibility index (Phi) is 3.18. The van der Waals surface area contributed by atoms with E-state index in [1.54, 1.807) is 19.1 Å². The van der Waals surface area contributed by atoms with Crippen molar-refractivity contribution in [1.29, 1.82) is 0 Å². The Morgan fingerprint density at radius 3 is 2.72 bits per heavy atom. The largest absolute Gasteiger partial charge is 0.477 e. The molecule has 0 spiro atoms. The molecule has 0 saturated heterocycles. The van der Waals surface area contributed by atoms with Crippen molar-refractivity contribution in [1.82, 2.24) is 9.97 Å². The van der Waals surface area contributed by atoms with E-state index >= 15 is 0 Å². The van der Waals surface area contributed by atoms with Crippen molar-refractivity contribution in [2.45, 2.75) is 6.92 Å². The average Bonchev–Trinajstić information content (AvgIpc) is 2.31. The number of carboxylic acids is 1. The zero-order chi connectivity index (χ0) is 13.1. The summed E-state index contributed by atoms with van der Waals surface area (Å²) in [6, 6.07) is 7.31. The average molecular weight is 247 g/mol. The van der Waals surface area contributed by atoms with E-state index in [9.17, 15) is 9.18 Å². The van der Waals surface area contributed by atoms with Gasteiger partial charge in [0.15, 0.2) is 5.69 Å². The van der Waals surface area contributed by atoms with Crippen LogP contribution in [0.25, 0.3) is 0 Å². The number of aromatic carboxylic acids is 1. The maximum absolute atomic E-state index is 13.4. The lowest BCUT2D eigenvalue weighted by Gasteiger charge is -2.07. The van der Waals surface area contributed by atoms with Gasteiger partial charge < -0.3 is 10.4 Å². The van der Waals surface area contributed by atoms with Crippen LogP contribution in [0.5, 0.6) is 0 Å². The number of nitrogens with zero attached hydrogens (tertiary/aromatic N) is 2. The minimum Gasteiger partial charge on any atom is -0.477 e. The summed E-state index contributed by atoms with van der Waals surface area (Å²) in [6.45, 7) is 1.57. The van der Waals surface area contributed by atoms with Crippen LogP contribution in [0.15, 0.2) is 30.3 Å². The van der Waals surface area contributed by atoms with Crippen molar-refractivity contribution in [3.8, 4) is 0 Å². The topological polar surface area (TPSA) is 75.1 Å². The molecule has 0 fully saturated rings. The molecule has 1 aromatic carbocycles. The van der Waals surface area contributed by atoms with Gasteiger partial charge in [-0.25, -0.2) is 19.2 Å². The first-order valence-corrected chi connectivity index (χ1v) is 5.17. The van der Waals surface area contributed by atoms with E-state index in [4.69, 9.17) is 5.11 Å². The maximum atomic E-state index is 13.4. The molecule has 0 atom stereocenters. The Bertz CT molecular complexity index is 602. The minimum atomic E-state index is -1.16. The standard InChI is InChI=1S/C12H10FN3O2/c1-7-14-10(12(17)18)6-11(15-7)16-9-5-3-2-4-8(9)13/h2-6H,1H3,(H,17,18)(H,14,15,16). The Morgan fingerprint density at radius 1 is 1.33 bits per heavy atom. The molecule has 2 rings (SSSR count). The molecule has 0 bridgehead atoms. The third-order valence-corrected chi connectivity index (χ3v) is 2.19. The van der Waals surface area contributed by atoms with Crippen molar-refractivity contribution in [3.63, 3.8) is 0 Å². The molecular formula is C12H10FN3O2. The third-order valence-electron chi connectivity index (χ3n) is 2.19. The van der Waals surface area contributed by atoms with E-state index in [0.29, 0.717) is 5.82 Å². The number of benzene rings is 1. The smallest absolute Gasteiger partial charge is 0.354 e. The van der Waals surface area contributed by atoms with Crippen LogP contribution in [0.2, 0.25) is 0 Å². The number of carboxylic acid groups (broad SMARTS) is 1. The van der Waals surface area contributed by atoms with Crippen LogP contribution in [0.1, 0.15) is 16.3 Å². The highest BCUT2D eigenvalue weighted by Crippen LogP contribution is 2.18. The highest BCUT2D eigenvalue weighted by Gasteiger charge is 2.09. The minimum absolute atomic E-state index is 0.138. The van der Waals surface area contributed by atoms with Crippen molar-refractivity contribution < 1.29 is 14.3 Å². The SMILES string of the molecule is Cc1nc(Nc2ccccc2F)cc(C(=O)O)n1. The van der Waals surface area contributed by atoms with E-state index in [1.807, 2.05) is 0 Å². The number of aromatic nitrogens is 2. The molecule has 0 aliphatic carbocycles. The first kappa shape index (κ1) is 12.0. The Balaban J connectivity index is 2.35. The molecule has 0 radical (unpaired) electrons. The molecule has 2 N–H and O–H groups in total. The third kappa shape index (κ3) is 2.60. The first-order chi connectivity index (χ1) is 8.56. The lowest BCUT2D eigenvalue weighted by molar-refractivity contribution is 0.0690. The molecular weight excluding hydrogens is 237 g/mol. The van der Waals surface area contributed by atoms with Gasteiger partial charge in [-0.15, -0.1) is 0 Å². The number of anilines is 2. The van der Waals surface area contributed by atoms with Crippen LogP contribution >= 0.6 is 0 Å². The monoisotopic (exact) mass is 247 g/mol. The first-order valence-electron chi connectivity index (χ1n) is 5.17. The highest BCUT2D eigenvalue weighted by molar-refractivity contribution is 5.86. The van der Waals surface area contributed by atoms with Gasteiger partial charge in [0.2, 0.25) is 0 Å². The second-order valence-electron chi connectivity index (χ2n) is 3.60. The number of rotatable bonds is 3. The fourth-order valence-corrected chi connectivity index (χ4v) is 1.44. The number of aryl methyl sites for hydroxylation is 1. The van der Waals surface area contributed by atoms with E-state index in [1.165, 1.54) is 18.2 Å². The summed E-state index contributed by atoms with van der Waals surface area (Å²) in [7, 11) is 0. The van der Waals surface area contributed by atoms with Crippen LogP contribution in [-0.4, -0.2) is 21.0 Å². The second kappa shape index (κ2) is 4.79. The van der Waals surface area contributed by atoms with Crippen molar-refractivity contribution >= 4 is 17.5 Å². The quantitative estimate of drug-likeness (QED) is 0.870. The lowest BCUT2D eigenvalue weighted by atomic mass is 10.3. The number of hydrogen-bond acceptors (Lipinski definition) is 4. The van der Waals surface area contributed by atoms with Crippen LogP contribution in [0.3, 0.4) is 0 Å². The maximum Gasteiger partial charge on any atom is 0.354 e. The summed E-state index contributed by atoms with van der Waals surface area (Å²) < 4.78 is 13.4. The Morgan fingerprint density at radius 2 is 2.06 bits per heavy atom. The van der Waals surface area contributed by atoms with Crippen LogP contribution in [0.4, 0.5) is 15.9 Å². The van der Waals surface area contributed by atoms with Gasteiger partial charge in [-0.3, -0.25) is 0 Å². The molecule has 0 unspecified atom stereocenters. The van der Waals surface area contributed by atoms with Crippen molar-refractivity contribution in [2.75, 3.05) is 5.32 Å². The molecule has 1 heterocycles. The van der Waals surface area contributed by atoms with Gasteiger partial charge >= 0.3 is 5.97 Å². The summed E-state index contributed by atoms with van der Waals surface area (Å²) in [5.74, 6) is -1.05. The Hall–Kier alpha value is -2.50. The van der Waals surface area contributed by atoms with Gasteiger partial charge in [-0.05, 0) is 19.1 Å². The van der Waals surface area contributed by atoms with Gasteiger partial charge in [0.1, 0.15) is 17.5 Å². The van der Waals surface area contributed by atoms with Gasteiger partial charge in [0.05, 0.1) is 5.69 Å². The molecule has 5 nitrogen and oxygen atoms in total. The number of hydrogen-bond donors (Lipinski definition) is 2. The van der Waals surface area contributed by atoms with E-state index < -0.39 is 11.8 Å². The fraction of sp³-hybridized carbons (Fsp3) is 0.0833. The summed E-state index contributed by atoms with van der Waals surface area (Å²) in [6.07, 6.45) is 0. The summed E-state index contributed by atoms with van der Waals surface area (Å²) in [4.78, 5) is 18.6. The van der Waals surface area contributed by atoms with Gasteiger partial charge in [-0.1, -0.05) is 12.1 Å². The fourth-order valence-electron chi connectivity index (χ4n) is 1.44. The van der Waals surface area contributed by atoms with Crippen LogP contribution in [-0.2, 0) is 0 Å². The number of carbonyl (C=O) groups is 1. The van der Waals surface area contributed by atoms with Crippen molar-refractivity contribution in [3.05, 3.63) is 47.7 Å². The van der Waals surface area contributed by atoms with Gasteiger partial charge in [-0.2, -0.15) is 0 Å². The van der Waals surface area contributed by atoms with E-state index in [2.05, 4.69) is 15.3 Å². The van der Waals surface area contributed by atoms with E-state index in [0.717, 1.165) is 0 Å². The molecule has 1 aromatic heterocycles. The van der Waals surface area contributed by atoms with Crippen LogP contribution < -0.4 is 5.32 Å². The van der Waals surface area contributed by atoms with Crippen molar-refractivity contribution in [2.24, 2.45) is 0 Å². The van der Waals surface area contributed by atoms with E-state index in [-0.39, 0.29) is 17.2 Å². The zero-order valence-electron chi connectivity index (χ0n) is 9.51. The lowest BCUT2D eigenvalue weighted by Crippen LogP contribution is -2.06. The Labute approximate surface area is 102 Å². The number of nitrogens with one attached hydrogen (secondary N) is 1. The molecule has 18 heavy (non-hydrogen) atoms. The zero-order valence-corrected chi connectivity index (χ0v) is 9.51. The predicted octanol–water partition coefficient (Wildman–Crippen LogP) is 2.37. The van der Waals surface area contributed by atoms with Gasteiger partial charge in [0.25, 0.3) is 0 Å². The summed E-state index contributed by atoms with van der Waals surface area (Å²) in [5, 5.41) is 11.6. The molecule has 2 aromatic rings. The summed E-state index contributed by atoms with van der Waals surface area (Å²) >= 11 is 0. The normalized spacial score (nSPS) is 10.1. The molecule has 0 saturated carbocycles. The number of halogens is 1. The number of para-hydroxylation sites is 1. The predicted molar refractivity (Wildman–Crippen MR) is 63.4 cm³/mol. The molecule has 92 valence electrons. The molecule has 6 heteroatoms. The highest BCUT2D eigenvalue weighted by atomic mass is 19.1. The second-order valence-corrected chi connectivity index (χ2v) is 3.60. The van der Waals surface area contributed by atoms with Gasteiger partial charge in [0, 0.05) is 6.07 Å².